The maximum atomic E-state index is 5.72. The number of hydrogen-bond acceptors (Lipinski definition) is 4. The summed E-state index contributed by atoms with van der Waals surface area (Å²) in [5.41, 5.74) is 1.12. The highest BCUT2D eigenvalue weighted by Crippen LogP contribution is 2.15. The maximum Gasteiger partial charge on any atom is 0.118 e. The fourth-order valence-corrected chi connectivity index (χ4v) is 1.83. The van der Waals surface area contributed by atoms with Crippen LogP contribution in [0.3, 0.4) is 0 Å². The van der Waals surface area contributed by atoms with E-state index >= 15 is 0 Å². The number of ether oxygens (including phenoxy) is 2. The van der Waals surface area contributed by atoms with Gasteiger partial charge in [0.15, 0.2) is 0 Å². The normalized spacial score (nSPS) is 11.8. The minimum absolute atomic E-state index is 0.257. The second-order valence-corrected chi connectivity index (χ2v) is 5.79. The summed E-state index contributed by atoms with van der Waals surface area (Å²) in [6.45, 7) is 14.0. The Morgan fingerprint density at radius 3 is 2.60 bits per heavy atom. The van der Waals surface area contributed by atoms with Crippen molar-refractivity contribution in [1.82, 2.24) is 5.32 Å². The van der Waals surface area contributed by atoms with Gasteiger partial charge in [-0.25, -0.2) is 0 Å². The van der Waals surface area contributed by atoms with Crippen LogP contribution >= 0.6 is 0 Å². The molecule has 0 saturated carbocycles. The van der Waals surface area contributed by atoms with Gasteiger partial charge in [-0.2, -0.15) is 0 Å². The van der Waals surface area contributed by atoms with Crippen molar-refractivity contribution < 1.29 is 13.9 Å². The summed E-state index contributed by atoms with van der Waals surface area (Å²) in [6, 6.07) is 2.08. The zero-order chi connectivity index (χ0) is 15.0. The first kappa shape index (κ1) is 17.2. The Hall–Kier alpha value is -0.840. The van der Waals surface area contributed by atoms with E-state index in [4.69, 9.17) is 13.9 Å². The van der Waals surface area contributed by atoms with E-state index in [0.29, 0.717) is 25.7 Å². The molecule has 4 heteroatoms. The molecule has 1 heterocycles. The first-order valence-corrected chi connectivity index (χ1v) is 7.47. The van der Waals surface area contributed by atoms with Crippen molar-refractivity contribution in [2.75, 3.05) is 19.8 Å². The van der Waals surface area contributed by atoms with Crippen LogP contribution in [0.15, 0.2) is 10.5 Å². The molecule has 1 aromatic rings. The van der Waals surface area contributed by atoms with E-state index in [9.17, 15) is 0 Å². The maximum absolute atomic E-state index is 5.72. The molecule has 0 amide bonds. The summed E-state index contributed by atoms with van der Waals surface area (Å²) in [7, 11) is 0. The lowest BCUT2D eigenvalue weighted by Gasteiger charge is -2.07. The minimum atomic E-state index is 0.257. The second-order valence-electron chi connectivity index (χ2n) is 5.79. The van der Waals surface area contributed by atoms with E-state index in [1.165, 1.54) is 0 Å². The third-order valence-electron chi connectivity index (χ3n) is 2.86. The van der Waals surface area contributed by atoms with Gasteiger partial charge in [-0.05, 0) is 39.3 Å². The standard InChI is InChI=1S/C16H29NO3/c1-12(2)9-17-10-16-8-15(14(5)20-16)11-18-6-7-19-13(3)4/h8,12-13,17H,6-7,9-11H2,1-5H3. The summed E-state index contributed by atoms with van der Waals surface area (Å²) in [6.07, 6.45) is 0.257. The summed E-state index contributed by atoms with van der Waals surface area (Å²) >= 11 is 0. The summed E-state index contributed by atoms with van der Waals surface area (Å²) in [4.78, 5) is 0. The Morgan fingerprint density at radius 1 is 1.20 bits per heavy atom. The molecule has 0 atom stereocenters. The first-order valence-electron chi connectivity index (χ1n) is 7.47. The number of aryl methyl sites for hydroxylation is 1. The van der Waals surface area contributed by atoms with Crippen LogP contribution in [0.1, 0.15) is 44.8 Å². The number of furan rings is 1. The Kier molecular flexibility index (Phi) is 7.88. The third kappa shape index (κ3) is 7.08. The fourth-order valence-electron chi connectivity index (χ4n) is 1.83. The molecule has 20 heavy (non-hydrogen) atoms. The highest BCUT2D eigenvalue weighted by molar-refractivity contribution is 5.19. The van der Waals surface area contributed by atoms with E-state index in [0.717, 1.165) is 30.2 Å². The van der Waals surface area contributed by atoms with Crippen molar-refractivity contribution >= 4 is 0 Å². The van der Waals surface area contributed by atoms with Crippen LogP contribution in [0.5, 0.6) is 0 Å². The average Bonchev–Trinajstić information content (AvgIpc) is 2.69. The van der Waals surface area contributed by atoms with Crippen molar-refractivity contribution in [3.05, 3.63) is 23.2 Å². The van der Waals surface area contributed by atoms with Gasteiger partial charge in [0.1, 0.15) is 11.5 Å². The summed E-state index contributed by atoms with van der Waals surface area (Å²) < 4.78 is 16.8. The summed E-state index contributed by atoms with van der Waals surface area (Å²) in [5, 5.41) is 3.38. The second kappa shape index (κ2) is 9.16. The van der Waals surface area contributed by atoms with Crippen molar-refractivity contribution in [2.24, 2.45) is 5.92 Å². The van der Waals surface area contributed by atoms with Gasteiger partial charge in [0, 0.05) is 5.56 Å². The lowest BCUT2D eigenvalue weighted by molar-refractivity contribution is 0.0140. The zero-order valence-corrected chi connectivity index (χ0v) is 13.5. The molecular formula is C16H29NO3. The van der Waals surface area contributed by atoms with Crippen molar-refractivity contribution in [1.29, 1.82) is 0 Å². The molecule has 0 aliphatic rings. The minimum Gasteiger partial charge on any atom is -0.465 e. The van der Waals surface area contributed by atoms with Gasteiger partial charge >= 0.3 is 0 Å². The smallest absolute Gasteiger partial charge is 0.118 e. The predicted octanol–water partition coefficient (Wildman–Crippen LogP) is 3.28. The van der Waals surface area contributed by atoms with Gasteiger partial charge in [-0.3, -0.25) is 0 Å². The molecule has 0 aliphatic carbocycles. The van der Waals surface area contributed by atoms with Crippen LogP contribution < -0.4 is 5.32 Å². The molecule has 1 rings (SSSR count). The quantitative estimate of drug-likeness (QED) is 0.669. The van der Waals surface area contributed by atoms with E-state index in [2.05, 4.69) is 25.2 Å². The van der Waals surface area contributed by atoms with Gasteiger partial charge in [0.2, 0.25) is 0 Å². The molecule has 0 spiro atoms. The molecule has 116 valence electrons. The molecule has 0 saturated heterocycles. The Bertz CT molecular complexity index is 372. The van der Waals surface area contributed by atoms with E-state index in [-0.39, 0.29) is 6.10 Å². The van der Waals surface area contributed by atoms with Gasteiger partial charge in [-0.15, -0.1) is 0 Å². The fraction of sp³-hybridized carbons (Fsp3) is 0.750. The Balaban J connectivity index is 2.26. The number of rotatable bonds is 10. The number of nitrogens with one attached hydrogen (secondary N) is 1. The Labute approximate surface area is 122 Å². The molecule has 1 aromatic heterocycles. The molecule has 4 nitrogen and oxygen atoms in total. The van der Waals surface area contributed by atoms with Crippen molar-refractivity contribution in [2.45, 2.75) is 53.9 Å². The molecular weight excluding hydrogens is 254 g/mol. The van der Waals surface area contributed by atoms with Crippen LogP contribution in [0.25, 0.3) is 0 Å². The van der Waals surface area contributed by atoms with Crippen molar-refractivity contribution in [3.63, 3.8) is 0 Å². The molecule has 1 N–H and O–H groups in total. The molecule has 0 unspecified atom stereocenters. The first-order chi connectivity index (χ1) is 9.49. The predicted molar refractivity (Wildman–Crippen MR) is 80.7 cm³/mol. The number of hydrogen-bond donors (Lipinski definition) is 1. The lowest BCUT2D eigenvalue weighted by Crippen LogP contribution is -2.18. The topological polar surface area (TPSA) is 43.6 Å². The van der Waals surface area contributed by atoms with Gasteiger partial charge in [0.25, 0.3) is 0 Å². The Morgan fingerprint density at radius 2 is 1.95 bits per heavy atom. The van der Waals surface area contributed by atoms with Crippen LogP contribution in [0, 0.1) is 12.8 Å². The average molecular weight is 283 g/mol. The van der Waals surface area contributed by atoms with Crippen LogP contribution in [-0.2, 0) is 22.6 Å². The molecule has 0 bridgehead atoms. The molecule has 0 radical (unpaired) electrons. The van der Waals surface area contributed by atoms with Gasteiger partial charge < -0.3 is 19.2 Å². The molecule has 0 aliphatic heterocycles. The van der Waals surface area contributed by atoms with Crippen LogP contribution in [0.2, 0.25) is 0 Å². The highest BCUT2D eigenvalue weighted by atomic mass is 16.5. The third-order valence-corrected chi connectivity index (χ3v) is 2.86. The molecule has 0 aromatic carbocycles. The molecule has 0 fully saturated rings. The van der Waals surface area contributed by atoms with Crippen LogP contribution in [0.4, 0.5) is 0 Å². The highest BCUT2D eigenvalue weighted by Gasteiger charge is 2.07. The van der Waals surface area contributed by atoms with Crippen LogP contribution in [-0.4, -0.2) is 25.9 Å². The van der Waals surface area contributed by atoms with Gasteiger partial charge in [-0.1, -0.05) is 13.8 Å². The zero-order valence-electron chi connectivity index (χ0n) is 13.5. The van der Waals surface area contributed by atoms with E-state index in [1.807, 2.05) is 20.8 Å². The monoisotopic (exact) mass is 283 g/mol. The largest absolute Gasteiger partial charge is 0.465 e. The SMILES string of the molecule is Cc1oc(CNCC(C)C)cc1COCCOC(C)C. The van der Waals surface area contributed by atoms with Crippen molar-refractivity contribution in [3.8, 4) is 0 Å². The lowest BCUT2D eigenvalue weighted by atomic mass is 10.2. The van der Waals surface area contributed by atoms with E-state index < -0.39 is 0 Å². The summed E-state index contributed by atoms with van der Waals surface area (Å²) in [5.74, 6) is 2.56. The van der Waals surface area contributed by atoms with Gasteiger partial charge in [0.05, 0.1) is 32.5 Å². The van der Waals surface area contributed by atoms with E-state index in [1.54, 1.807) is 0 Å².